The van der Waals surface area contributed by atoms with E-state index in [-0.39, 0.29) is 5.56 Å². The second-order valence-electron chi connectivity index (χ2n) is 6.40. The number of para-hydroxylation sites is 1. The second-order valence-corrected chi connectivity index (χ2v) is 6.40. The van der Waals surface area contributed by atoms with Crippen LogP contribution in [0.4, 0.5) is 0 Å². The molecule has 3 rings (SSSR count). The maximum atomic E-state index is 13.3. The van der Waals surface area contributed by atoms with Crippen molar-refractivity contribution in [3.05, 3.63) is 75.7 Å². The summed E-state index contributed by atoms with van der Waals surface area (Å²) in [6.07, 6.45) is 4.03. The van der Waals surface area contributed by atoms with Crippen molar-refractivity contribution in [3.8, 4) is 5.69 Å². The number of hydrogen-bond donors (Lipinski definition) is 0. The van der Waals surface area contributed by atoms with Crippen LogP contribution >= 0.6 is 0 Å². The molecule has 1 heterocycles. The molecule has 2 aromatic carbocycles. The molecule has 0 saturated heterocycles. The van der Waals surface area contributed by atoms with Gasteiger partial charge in [0.2, 0.25) is 0 Å². The number of hydrogen-bond acceptors (Lipinski definition) is 1. The lowest BCUT2D eigenvalue weighted by atomic mass is 9.97. The smallest absolute Gasteiger partial charge is 0.263 e. The summed E-state index contributed by atoms with van der Waals surface area (Å²) in [6, 6.07) is 16.2. The number of pyridine rings is 1. The SMILES string of the molecule is CCCc1c(CCC)n(-c2ccccc2C)c(=O)c2ccccc12. The Balaban J connectivity index is 2.47. The lowest BCUT2D eigenvalue weighted by Gasteiger charge is -2.20. The van der Waals surface area contributed by atoms with Crippen LogP contribution < -0.4 is 5.56 Å². The first kappa shape index (κ1) is 16.5. The zero-order valence-electron chi connectivity index (χ0n) is 14.8. The standard InChI is InChI=1S/C22H25NO/c1-4-10-18-17-13-7-8-14-19(17)22(24)23(21(18)11-5-2)20-15-9-6-12-16(20)3/h6-9,12-15H,4-5,10-11H2,1-3H3. The number of aromatic nitrogens is 1. The van der Waals surface area contributed by atoms with Crippen molar-refractivity contribution in [2.24, 2.45) is 0 Å². The van der Waals surface area contributed by atoms with Crippen LogP contribution in [0.2, 0.25) is 0 Å². The quantitative estimate of drug-likeness (QED) is 0.633. The van der Waals surface area contributed by atoms with Gasteiger partial charge in [-0.05, 0) is 48.4 Å². The molecular formula is C22H25NO. The third kappa shape index (κ3) is 2.77. The van der Waals surface area contributed by atoms with Gasteiger partial charge in [-0.2, -0.15) is 0 Å². The van der Waals surface area contributed by atoms with E-state index >= 15 is 0 Å². The third-order valence-corrected chi connectivity index (χ3v) is 4.65. The molecule has 0 bridgehead atoms. The maximum Gasteiger partial charge on any atom is 0.263 e. The average molecular weight is 319 g/mol. The minimum atomic E-state index is 0.100. The van der Waals surface area contributed by atoms with E-state index in [0.29, 0.717) is 0 Å². The number of nitrogens with zero attached hydrogens (tertiary/aromatic N) is 1. The van der Waals surface area contributed by atoms with E-state index in [2.05, 4.69) is 39.0 Å². The van der Waals surface area contributed by atoms with E-state index < -0.39 is 0 Å². The van der Waals surface area contributed by atoms with Gasteiger partial charge in [-0.1, -0.05) is 63.1 Å². The van der Waals surface area contributed by atoms with Crippen molar-refractivity contribution in [1.29, 1.82) is 0 Å². The van der Waals surface area contributed by atoms with Crippen LogP contribution in [0, 0.1) is 6.92 Å². The van der Waals surface area contributed by atoms with Crippen LogP contribution in [-0.2, 0) is 12.8 Å². The minimum absolute atomic E-state index is 0.100. The minimum Gasteiger partial charge on any atom is -0.280 e. The van der Waals surface area contributed by atoms with Gasteiger partial charge in [-0.15, -0.1) is 0 Å². The molecule has 0 amide bonds. The molecule has 24 heavy (non-hydrogen) atoms. The predicted molar refractivity (Wildman–Crippen MR) is 102 cm³/mol. The molecule has 0 radical (unpaired) electrons. The molecule has 124 valence electrons. The maximum absolute atomic E-state index is 13.3. The predicted octanol–water partition coefficient (Wildman–Crippen LogP) is 5.20. The fourth-order valence-corrected chi connectivity index (χ4v) is 3.56. The Labute approximate surface area is 143 Å². The first-order valence-corrected chi connectivity index (χ1v) is 8.90. The topological polar surface area (TPSA) is 22.0 Å². The number of fused-ring (bicyclic) bond motifs is 1. The van der Waals surface area contributed by atoms with Crippen molar-refractivity contribution in [1.82, 2.24) is 4.57 Å². The Morgan fingerprint density at radius 1 is 0.833 bits per heavy atom. The van der Waals surface area contributed by atoms with Crippen molar-refractivity contribution in [2.75, 3.05) is 0 Å². The summed E-state index contributed by atoms with van der Waals surface area (Å²) >= 11 is 0. The molecule has 0 aliphatic carbocycles. The highest BCUT2D eigenvalue weighted by molar-refractivity contribution is 5.86. The third-order valence-electron chi connectivity index (χ3n) is 4.65. The zero-order valence-corrected chi connectivity index (χ0v) is 14.8. The first-order chi connectivity index (χ1) is 11.7. The molecule has 2 nitrogen and oxygen atoms in total. The van der Waals surface area contributed by atoms with Crippen molar-refractivity contribution >= 4 is 10.8 Å². The van der Waals surface area contributed by atoms with Gasteiger partial charge in [0.15, 0.2) is 0 Å². The summed E-state index contributed by atoms with van der Waals surface area (Å²) in [4.78, 5) is 13.3. The van der Waals surface area contributed by atoms with Crippen LogP contribution in [0.3, 0.4) is 0 Å². The summed E-state index contributed by atoms with van der Waals surface area (Å²) in [5.41, 5.74) is 4.75. The Morgan fingerprint density at radius 3 is 2.12 bits per heavy atom. The highest BCUT2D eigenvalue weighted by atomic mass is 16.1. The molecule has 0 aliphatic rings. The molecule has 0 unspecified atom stereocenters. The molecule has 0 N–H and O–H groups in total. The summed E-state index contributed by atoms with van der Waals surface area (Å²) in [5.74, 6) is 0. The molecular weight excluding hydrogens is 294 g/mol. The van der Waals surface area contributed by atoms with Crippen molar-refractivity contribution in [3.63, 3.8) is 0 Å². The number of rotatable bonds is 5. The molecule has 2 heteroatoms. The van der Waals surface area contributed by atoms with Crippen LogP contribution in [0.25, 0.3) is 16.5 Å². The van der Waals surface area contributed by atoms with Crippen LogP contribution in [0.15, 0.2) is 53.3 Å². The van der Waals surface area contributed by atoms with Crippen LogP contribution in [0.5, 0.6) is 0 Å². The Bertz CT molecular complexity index is 921. The Morgan fingerprint density at radius 2 is 1.46 bits per heavy atom. The van der Waals surface area contributed by atoms with Gasteiger partial charge < -0.3 is 0 Å². The monoisotopic (exact) mass is 319 g/mol. The van der Waals surface area contributed by atoms with E-state index in [1.165, 1.54) is 11.3 Å². The van der Waals surface area contributed by atoms with Gasteiger partial charge in [-0.25, -0.2) is 0 Å². The van der Waals surface area contributed by atoms with Crippen LogP contribution in [-0.4, -0.2) is 4.57 Å². The fourth-order valence-electron chi connectivity index (χ4n) is 3.56. The average Bonchev–Trinajstić information content (AvgIpc) is 2.60. The van der Waals surface area contributed by atoms with E-state index in [1.807, 2.05) is 34.9 Å². The van der Waals surface area contributed by atoms with E-state index in [0.717, 1.165) is 47.7 Å². The lowest BCUT2D eigenvalue weighted by molar-refractivity contribution is 0.779. The molecule has 3 aromatic rings. The number of benzene rings is 2. The van der Waals surface area contributed by atoms with E-state index in [4.69, 9.17) is 0 Å². The van der Waals surface area contributed by atoms with Gasteiger partial charge >= 0.3 is 0 Å². The van der Waals surface area contributed by atoms with E-state index in [1.54, 1.807) is 0 Å². The molecule has 0 saturated carbocycles. The molecule has 0 spiro atoms. The van der Waals surface area contributed by atoms with Gasteiger partial charge in [0.05, 0.1) is 5.69 Å². The Hall–Kier alpha value is -2.35. The summed E-state index contributed by atoms with van der Waals surface area (Å²) in [6.45, 7) is 6.46. The highest BCUT2D eigenvalue weighted by Crippen LogP contribution is 2.26. The van der Waals surface area contributed by atoms with Gasteiger partial charge in [0.25, 0.3) is 5.56 Å². The summed E-state index contributed by atoms with van der Waals surface area (Å²) in [5, 5.41) is 1.95. The molecule has 1 aromatic heterocycles. The highest BCUT2D eigenvalue weighted by Gasteiger charge is 2.17. The summed E-state index contributed by atoms with van der Waals surface area (Å²) < 4.78 is 1.96. The second kappa shape index (κ2) is 7.04. The normalized spacial score (nSPS) is 11.1. The van der Waals surface area contributed by atoms with Gasteiger partial charge in [0, 0.05) is 11.1 Å². The van der Waals surface area contributed by atoms with Crippen LogP contribution in [0.1, 0.15) is 43.5 Å². The largest absolute Gasteiger partial charge is 0.280 e. The van der Waals surface area contributed by atoms with Crippen molar-refractivity contribution in [2.45, 2.75) is 46.5 Å². The molecule has 0 fully saturated rings. The number of aryl methyl sites for hydroxylation is 2. The van der Waals surface area contributed by atoms with Gasteiger partial charge in [0.1, 0.15) is 0 Å². The zero-order chi connectivity index (χ0) is 17.1. The molecule has 0 aliphatic heterocycles. The van der Waals surface area contributed by atoms with Gasteiger partial charge in [-0.3, -0.25) is 9.36 Å². The van der Waals surface area contributed by atoms with E-state index in [9.17, 15) is 4.79 Å². The lowest BCUT2D eigenvalue weighted by Crippen LogP contribution is -2.25. The first-order valence-electron chi connectivity index (χ1n) is 8.90. The molecule has 0 atom stereocenters. The van der Waals surface area contributed by atoms with Crippen molar-refractivity contribution < 1.29 is 0 Å². The Kier molecular flexibility index (Phi) is 4.84. The summed E-state index contributed by atoms with van der Waals surface area (Å²) in [7, 11) is 0. The fraction of sp³-hybridized carbons (Fsp3) is 0.318.